The highest BCUT2D eigenvalue weighted by atomic mass is 16.6. The fourth-order valence-electron chi connectivity index (χ4n) is 5.58. The van der Waals surface area contributed by atoms with Crippen LogP contribution in [0, 0.1) is 0 Å². The highest BCUT2D eigenvalue weighted by Crippen LogP contribution is 2.13. The Kier molecular flexibility index (Phi) is 39.1. The lowest BCUT2D eigenvalue weighted by atomic mass is 10.1. The maximum Gasteiger partial charge on any atom is 0.306 e. The van der Waals surface area contributed by atoms with Gasteiger partial charge in [0.15, 0.2) is 6.10 Å². The lowest BCUT2D eigenvalue weighted by molar-refractivity contribution is -0.167. The fourth-order valence-corrected chi connectivity index (χ4v) is 5.58. The maximum absolute atomic E-state index is 12.7. The van der Waals surface area contributed by atoms with Crippen molar-refractivity contribution in [1.82, 2.24) is 0 Å². The molecule has 0 fully saturated rings. The second-order valence-electron chi connectivity index (χ2n) is 14.0. The number of carbonyl (C=O) groups excluding carboxylic acids is 3. The van der Waals surface area contributed by atoms with E-state index in [4.69, 9.17) is 14.2 Å². The molecule has 0 spiro atoms. The van der Waals surface area contributed by atoms with Crippen LogP contribution >= 0.6 is 0 Å². The molecular formula is C47H78O6. The van der Waals surface area contributed by atoms with Gasteiger partial charge in [-0.2, -0.15) is 0 Å². The van der Waals surface area contributed by atoms with E-state index >= 15 is 0 Å². The van der Waals surface area contributed by atoms with Gasteiger partial charge in [-0.3, -0.25) is 14.4 Å². The van der Waals surface area contributed by atoms with E-state index in [1.165, 1.54) is 77.0 Å². The van der Waals surface area contributed by atoms with Crippen molar-refractivity contribution in [2.45, 2.75) is 194 Å². The second kappa shape index (κ2) is 41.6. The van der Waals surface area contributed by atoms with E-state index in [2.05, 4.69) is 39.0 Å². The number of hydrogen-bond donors (Lipinski definition) is 0. The van der Waals surface area contributed by atoms with Gasteiger partial charge in [0.25, 0.3) is 0 Å². The lowest BCUT2D eigenvalue weighted by Gasteiger charge is -2.18. The fraction of sp³-hybridized carbons (Fsp3) is 0.681. The standard InChI is InChI=1S/C47H78O6/c1-4-7-10-13-16-19-22-24-26-28-31-34-37-40-46(49)52-43-44(42-51-45(48)39-36-33-30-27-21-18-15-12-9-6-3)53-47(50)41-38-35-32-29-25-23-20-17-14-11-8-5-2/h7,10,13,16-17,19-20,22,24,26,28,31,44H,4-6,8-9,11-12,14-15,18,21,23,25,27,29-30,32-43H2,1-3H3/b10-7-,16-13-,20-17-,22-19-,26-24-,31-28-. The number of hydrogen-bond acceptors (Lipinski definition) is 6. The molecule has 6 nitrogen and oxygen atoms in total. The average molecular weight is 739 g/mol. The smallest absolute Gasteiger partial charge is 0.306 e. The zero-order chi connectivity index (χ0) is 38.7. The summed E-state index contributed by atoms with van der Waals surface area (Å²) >= 11 is 0. The summed E-state index contributed by atoms with van der Waals surface area (Å²) in [5, 5.41) is 0. The molecule has 53 heavy (non-hydrogen) atoms. The molecule has 0 aromatic rings. The molecule has 0 saturated heterocycles. The number of carbonyl (C=O) groups is 3. The van der Waals surface area contributed by atoms with Crippen LogP contribution in [0.2, 0.25) is 0 Å². The molecule has 0 N–H and O–H groups in total. The van der Waals surface area contributed by atoms with Gasteiger partial charge in [-0.15, -0.1) is 0 Å². The molecule has 0 aromatic carbocycles. The normalized spacial score (nSPS) is 12.7. The van der Waals surface area contributed by atoms with Crippen molar-refractivity contribution in [2.75, 3.05) is 13.2 Å². The van der Waals surface area contributed by atoms with Crippen molar-refractivity contribution in [3.8, 4) is 0 Å². The minimum atomic E-state index is -0.803. The van der Waals surface area contributed by atoms with Gasteiger partial charge in [-0.1, -0.05) is 184 Å². The molecule has 0 radical (unpaired) electrons. The third-order valence-corrected chi connectivity index (χ3v) is 8.82. The van der Waals surface area contributed by atoms with Crippen LogP contribution in [0.15, 0.2) is 72.9 Å². The van der Waals surface area contributed by atoms with Gasteiger partial charge < -0.3 is 14.2 Å². The first-order valence-electron chi connectivity index (χ1n) is 21.5. The molecule has 0 aliphatic carbocycles. The van der Waals surface area contributed by atoms with Crippen LogP contribution in [0.1, 0.15) is 188 Å². The number of ether oxygens (including phenoxy) is 3. The molecule has 1 unspecified atom stereocenters. The van der Waals surface area contributed by atoms with Crippen molar-refractivity contribution in [3.63, 3.8) is 0 Å². The number of rotatable bonds is 37. The highest BCUT2D eigenvalue weighted by Gasteiger charge is 2.19. The van der Waals surface area contributed by atoms with Gasteiger partial charge in [0, 0.05) is 19.3 Å². The van der Waals surface area contributed by atoms with Crippen molar-refractivity contribution >= 4 is 17.9 Å². The summed E-state index contributed by atoms with van der Waals surface area (Å²) in [6.07, 6.45) is 50.3. The zero-order valence-electron chi connectivity index (χ0n) is 34.3. The SMILES string of the molecule is CC\C=C/C=C\C=C/C=C\C=C/CCCC(=O)OCC(COC(=O)CCCCCCCCCCCC)OC(=O)CCCCCCC/C=C\CCCCC. The molecule has 1 atom stereocenters. The molecule has 0 aromatic heterocycles. The van der Waals surface area contributed by atoms with Gasteiger partial charge in [-0.25, -0.2) is 0 Å². The van der Waals surface area contributed by atoms with Gasteiger partial charge in [-0.05, 0) is 57.8 Å². The van der Waals surface area contributed by atoms with Crippen molar-refractivity contribution in [3.05, 3.63) is 72.9 Å². The second-order valence-corrected chi connectivity index (χ2v) is 14.0. The van der Waals surface area contributed by atoms with Crippen LogP contribution < -0.4 is 0 Å². The Morgan fingerprint density at radius 1 is 0.396 bits per heavy atom. The zero-order valence-corrected chi connectivity index (χ0v) is 34.3. The first kappa shape index (κ1) is 49.9. The van der Waals surface area contributed by atoms with E-state index in [0.717, 1.165) is 64.2 Å². The molecular weight excluding hydrogens is 661 g/mol. The van der Waals surface area contributed by atoms with Crippen LogP contribution in [-0.2, 0) is 28.6 Å². The molecule has 302 valence electrons. The summed E-state index contributed by atoms with van der Waals surface area (Å²) in [5.41, 5.74) is 0. The van der Waals surface area contributed by atoms with Gasteiger partial charge >= 0.3 is 17.9 Å². The monoisotopic (exact) mass is 739 g/mol. The molecule has 6 heteroatoms. The number of allylic oxidation sites excluding steroid dienone is 12. The molecule has 0 bridgehead atoms. The Hall–Kier alpha value is -3.15. The Labute approximate surface area is 325 Å². The minimum Gasteiger partial charge on any atom is -0.462 e. The van der Waals surface area contributed by atoms with E-state index in [9.17, 15) is 14.4 Å². The lowest BCUT2D eigenvalue weighted by Crippen LogP contribution is -2.30. The first-order chi connectivity index (χ1) is 26.0. The molecule has 0 aliphatic rings. The average Bonchev–Trinajstić information content (AvgIpc) is 3.15. The highest BCUT2D eigenvalue weighted by molar-refractivity contribution is 5.71. The van der Waals surface area contributed by atoms with E-state index in [1.807, 2.05) is 54.7 Å². The summed E-state index contributed by atoms with van der Waals surface area (Å²) < 4.78 is 16.6. The Balaban J connectivity index is 4.52. The number of esters is 3. The Morgan fingerprint density at radius 3 is 1.30 bits per heavy atom. The van der Waals surface area contributed by atoms with Crippen LogP contribution in [0.3, 0.4) is 0 Å². The number of unbranched alkanes of at least 4 members (excludes halogenated alkanes) is 18. The van der Waals surface area contributed by atoms with E-state index in [0.29, 0.717) is 19.3 Å². The predicted molar refractivity (Wildman–Crippen MR) is 224 cm³/mol. The first-order valence-corrected chi connectivity index (χ1v) is 21.5. The van der Waals surface area contributed by atoms with E-state index < -0.39 is 6.10 Å². The van der Waals surface area contributed by atoms with Crippen LogP contribution in [0.4, 0.5) is 0 Å². The minimum absolute atomic E-state index is 0.101. The summed E-state index contributed by atoms with van der Waals surface area (Å²) in [5.74, 6) is -0.997. The molecule has 0 amide bonds. The summed E-state index contributed by atoms with van der Waals surface area (Å²) in [6, 6.07) is 0. The van der Waals surface area contributed by atoms with Crippen molar-refractivity contribution < 1.29 is 28.6 Å². The Morgan fingerprint density at radius 2 is 0.774 bits per heavy atom. The molecule has 0 aliphatic heterocycles. The Bertz CT molecular complexity index is 1030. The van der Waals surface area contributed by atoms with Crippen LogP contribution in [0.25, 0.3) is 0 Å². The largest absolute Gasteiger partial charge is 0.462 e. The van der Waals surface area contributed by atoms with Crippen molar-refractivity contribution in [2.24, 2.45) is 0 Å². The van der Waals surface area contributed by atoms with Crippen LogP contribution in [0.5, 0.6) is 0 Å². The molecule has 0 heterocycles. The summed E-state index contributed by atoms with van der Waals surface area (Å²) in [7, 11) is 0. The molecule has 0 saturated carbocycles. The summed E-state index contributed by atoms with van der Waals surface area (Å²) in [6.45, 7) is 6.35. The van der Waals surface area contributed by atoms with Gasteiger partial charge in [0.05, 0.1) is 0 Å². The van der Waals surface area contributed by atoms with Gasteiger partial charge in [0.2, 0.25) is 0 Å². The maximum atomic E-state index is 12.7. The quantitative estimate of drug-likeness (QED) is 0.0208. The van der Waals surface area contributed by atoms with E-state index in [-0.39, 0.29) is 37.5 Å². The third kappa shape index (κ3) is 39.9. The van der Waals surface area contributed by atoms with Crippen LogP contribution in [-0.4, -0.2) is 37.2 Å². The third-order valence-electron chi connectivity index (χ3n) is 8.82. The van der Waals surface area contributed by atoms with Gasteiger partial charge in [0.1, 0.15) is 13.2 Å². The summed E-state index contributed by atoms with van der Waals surface area (Å²) in [4.78, 5) is 37.6. The molecule has 0 rings (SSSR count). The van der Waals surface area contributed by atoms with E-state index in [1.54, 1.807) is 0 Å². The topological polar surface area (TPSA) is 78.9 Å². The predicted octanol–water partition coefficient (Wildman–Crippen LogP) is 13.5. The van der Waals surface area contributed by atoms with Crippen molar-refractivity contribution in [1.29, 1.82) is 0 Å².